The van der Waals surface area contributed by atoms with Crippen molar-refractivity contribution < 1.29 is 19.1 Å². The molecular formula is C22H29N3O4. The molecule has 1 N–H and O–H groups in total. The van der Waals surface area contributed by atoms with Crippen molar-refractivity contribution in [2.24, 2.45) is 5.92 Å². The van der Waals surface area contributed by atoms with Gasteiger partial charge in [-0.1, -0.05) is 31.9 Å². The van der Waals surface area contributed by atoms with Crippen LogP contribution < -0.4 is 10.1 Å². The molecule has 2 aliphatic heterocycles. The summed E-state index contributed by atoms with van der Waals surface area (Å²) in [5, 5.41) is 2.91. The average molecular weight is 399 g/mol. The zero-order valence-corrected chi connectivity index (χ0v) is 17.0. The zero-order chi connectivity index (χ0) is 20.4. The molecule has 1 aromatic rings. The molecule has 4 amide bonds. The number of carbonyl (C=O) groups is 3. The molecule has 0 radical (unpaired) electrons. The molecule has 156 valence electrons. The number of nitrogens with zero attached hydrogens (tertiary/aromatic N) is 2. The summed E-state index contributed by atoms with van der Waals surface area (Å²) in [5.41, 5.74) is 0.365. The summed E-state index contributed by atoms with van der Waals surface area (Å²) in [6.45, 7) is 4.18. The second-order valence-corrected chi connectivity index (χ2v) is 8.47. The van der Waals surface area contributed by atoms with Gasteiger partial charge in [-0.2, -0.15) is 0 Å². The lowest BCUT2D eigenvalue weighted by Gasteiger charge is -2.22. The lowest BCUT2D eigenvalue weighted by atomic mass is 9.97. The van der Waals surface area contributed by atoms with Crippen molar-refractivity contribution in [2.45, 2.75) is 57.5 Å². The van der Waals surface area contributed by atoms with E-state index in [1.54, 1.807) is 0 Å². The number of likely N-dealkylation sites (tertiary alicyclic amines) is 1. The fourth-order valence-corrected chi connectivity index (χ4v) is 4.68. The van der Waals surface area contributed by atoms with Gasteiger partial charge in [-0.15, -0.1) is 0 Å². The lowest BCUT2D eigenvalue weighted by molar-refractivity contribution is -0.132. The van der Waals surface area contributed by atoms with Gasteiger partial charge in [0.25, 0.3) is 5.91 Å². The largest absolute Gasteiger partial charge is 0.494 e. The van der Waals surface area contributed by atoms with Crippen molar-refractivity contribution in [1.29, 1.82) is 0 Å². The van der Waals surface area contributed by atoms with Crippen LogP contribution >= 0.6 is 0 Å². The highest BCUT2D eigenvalue weighted by molar-refractivity contribution is 6.07. The number of nitrogens with one attached hydrogen (secondary N) is 1. The van der Waals surface area contributed by atoms with Gasteiger partial charge in [0.05, 0.1) is 6.61 Å². The van der Waals surface area contributed by atoms with E-state index in [-0.39, 0.29) is 23.8 Å². The smallest absolute Gasteiger partial charge is 0.325 e. The molecule has 1 unspecified atom stereocenters. The standard InChI is InChI=1S/C22H29N3O4/c1-2-11-29-18-7-5-16(6-8-18)13-24-14-17(12-19(24)26)15-25-20(27)22(23-21(25)28)9-3-4-10-22/h5-8,17H,2-4,9-15H2,1H3,(H,23,28). The Hall–Kier alpha value is -2.57. The third-order valence-electron chi connectivity index (χ3n) is 6.21. The van der Waals surface area contributed by atoms with Crippen molar-refractivity contribution in [3.63, 3.8) is 0 Å². The summed E-state index contributed by atoms with van der Waals surface area (Å²) in [4.78, 5) is 40.8. The number of amides is 4. The zero-order valence-electron chi connectivity index (χ0n) is 17.0. The Morgan fingerprint density at radius 2 is 1.86 bits per heavy atom. The first-order valence-electron chi connectivity index (χ1n) is 10.6. The van der Waals surface area contributed by atoms with Crippen molar-refractivity contribution in [3.8, 4) is 5.75 Å². The van der Waals surface area contributed by atoms with E-state index in [1.165, 1.54) is 4.90 Å². The number of imide groups is 1. The van der Waals surface area contributed by atoms with Crippen LogP contribution in [0.3, 0.4) is 0 Å². The number of benzene rings is 1. The molecule has 1 spiro atoms. The molecule has 2 saturated heterocycles. The van der Waals surface area contributed by atoms with E-state index in [9.17, 15) is 14.4 Å². The van der Waals surface area contributed by atoms with Gasteiger partial charge in [-0.25, -0.2) is 4.79 Å². The van der Waals surface area contributed by atoms with Crippen LogP contribution in [0.25, 0.3) is 0 Å². The third-order valence-corrected chi connectivity index (χ3v) is 6.21. The number of hydrogen-bond acceptors (Lipinski definition) is 4. The van der Waals surface area contributed by atoms with Gasteiger partial charge in [0.15, 0.2) is 0 Å². The van der Waals surface area contributed by atoms with Gasteiger partial charge in [-0.05, 0) is 37.0 Å². The number of ether oxygens (including phenoxy) is 1. The molecule has 3 fully saturated rings. The molecule has 0 bridgehead atoms. The Balaban J connectivity index is 1.33. The van der Waals surface area contributed by atoms with E-state index in [4.69, 9.17) is 4.74 Å². The minimum Gasteiger partial charge on any atom is -0.494 e. The second-order valence-electron chi connectivity index (χ2n) is 8.47. The minimum absolute atomic E-state index is 0.0130. The summed E-state index contributed by atoms with van der Waals surface area (Å²) in [6, 6.07) is 7.51. The van der Waals surface area contributed by atoms with Crippen LogP contribution in [0, 0.1) is 5.92 Å². The maximum Gasteiger partial charge on any atom is 0.325 e. The Morgan fingerprint density at radius 1 is 1.14 bits per heavy atom. The molecule has 1 saturated carbocycles. The van der Waals surface area contributed by atoms with Crippen LogP contribution in [0.15, 0.2) is 24.3 Å². The Labute approximate surface area is 171 Å². The van der Waals surface area contributed by atoms with Gasteiger partial charge in [-0.3, -0.25) is 14.5 Å². The number of urea groups is 1. The second kappa shape index (κ2) is 8.05. The molecule has 7 nitrogen and oxygen atoms in total. The summed E-state index contributed by atoms with van der Waals surface area (Å²) >= 11 is 0. The Bertz CT molecular complexity index is 786. The summed E-state index contributed by atoms with van der Waals surface area (Å²) in [6.07, 6.45) is 4.73. The van der Waals surface area contributed by atoms with Gasteiger partial charge >= 0.3 is 6.03 Å². The molecular weight excluding hydrogens is 370 g/mol. The normalized spacial score (nSPS) is 23.3. The molecule has 1 aliphatic carbocycles. The lowest BCUT2D eigenvalue weighted by Crippen LogP contribution is -2.44. The molecule has 3 aliphatic rings. The monoisotopic (exact) mass is 399 g/mol. The molecule has 2 heterocycles. The van der Waals surface area contributed by atoms with Crippen molar-refractivity contribution in [2.75, 3.05) is 19.7 Å². The highest BCUT2D eigenvalue weighted by atomic mass is 16.5. The predicted octanol–water partition coefficient (Wildman–Crippen LogP) is 2.69. The fraction of sp³-hybridized carbons (Fsp3) is 0.591. The fourth-order valence-electron chi connectivity index (χ4n) is 4.68. The molecule has 1 aromatic carbocycles. The third kappa shape index (κ3) is 3.95. The molecule has 0 aromatic heterocycles. The van der Waals surface area contributed by atoms with Gasteiger partial charge in [0.2, 0.25) is 5.91 Å². The maximum atomic E-state index is 12.8. The van der Waals surface area contributed by atoms with E-state index in [0.29, 0.717) is 32.7 Å². The highest BCUT2D eigenvalue weighted by Gasteiger charge is 2.53. The predicted molar refractivity (Wildman–Crippen MR) is 107 cm³/mol. The number of rotatable bonds is 7. The van der Waals surface area contributed by atoms with Crippen molar-refractivity contribution >= 4 is 17.8 Å². The highest BCUT2D eigenvalue weighted by Crippen LogP contribution is 2.36. The first-order valence-corrected chi connectivity index (χ1v) is 10.6. The maximum absolute atomic E-state index is 12.8. The topological polar surface area (TPSA) is 79.0 Å². The molecule has 1 atom stereocenters. The van der Waals surface area contributed by atoms with Crippen molar-refractivity contribution in [3.05, 3.63) is 29.8 Å². The molecule has 7 heteroatoms. The quantitative estimate of drug-likeness (QED) is 0.715. The van der Waals surface area contributed by atoms with Crippen LogP contribution in [-0.4, -0.2) is 52.9 Å². The van der Waals surface area contributed by atoms with Crippen LogP contribution in [0.2, 0.25) is 0 Å². The number of hydrogen-bond donors (Lipinski definition) is 1. The van der Waals surface area contributed by atoms with Gasteiger partial charge in [0.1, 0.15) is 11.3 Å². The van der Waals surface area contributed by atoms with Crippen LogP contribution in [0.4, 0.5) is 4.79 Å². The Kier molecular flexibility index (Phi) is 5.48. The summed E-state index contributed by atoms with van der Waals surface area (Å²) in [5.74, 6) is 0.791. The first-order chi connectivity index (χ1) is 14.0. The average Bonchev–Trinajstić information content (AvgIpc) is 3.37. The minimum atomic E-state index is -0.680. The molecule has 4 rings (SSSR count). The van der Waals surface area contributed by atoms with E-state index in [0.717, 1.165) is 43.4 Å². The van der Waals surface area contributed by atoms with E-state index < -0.39 is 5.54 Å². The van der Waals surface area contributed by atoms with Crippen molar-refractivity contribution in [1.82, 2.24) is 15.1 Å². The van der Waals surface area contributed by atoms with E-state index in [1.807, 2.05) is 29.2 Å². The summed E-state index contributed by atoms with van der Waals surface area (Å²) < 4.78 is 5.60. The van der Waals surface area contributed by atoms with Gasteiger partial charge < -0.3 is 15.0 Å². The molecule has 29 heavy (non-hydrogen) atoms. The van der Waals surface area contributed by atoms with E-state index in [2.05, 4.69) is 12.2 Å². The van der Waals surface area contributed by atoms with Crippen LogP contribution in [0.5, 0.6) is 5.75 Å². The van der Waals surface area contributed by atoms with Crippen LogP contribution in [0.1, 0.15) is 51.0 Å². The Morgan fingerprint density at radius 3 is 2.55 bits per heavy atom. The SMILES string of the molecule is CCCOc1ccc(CN2CC(CN3C(=O)NC4(CCCC4)C3=O)CC2=O)cc1. The van der Waals surface area contributed by atoms with Gasteiger partial charge in [0, 0.05) is 32.0 Å². The first kappa shape index (κ1) is 19.7. The van der Waals surface area contributed by atoms with E-state index >= 15 is 0 Å². The number of carbonyl (C=O) groups excluding carboxylic acids is 3. The summed E-state index contributed by atoms with van der Waals surface area (Å²) in [7, 11) is 0. The van der Waals surface area contributed by atoms with Crippen LogP contribution in [-0.2, 0) is 16.1 Å².